The van der Waals surface area contributed by atoms with E-state index in [2.05, 4.69) is 34.4 Å². The highest BCUT2D eigenvalue weighted by molar-refractivity contribution is 5.91. The Kier molecular flexibility index (Phi) is 5.43. The molecule has 0 spiro atoms. The number of benzene rings is 1. The lowest BCUT2D eigenvalue weighted by Gasteiger charge is -2.20. The van der Waals surface area contributed by atoms with Gasteiger partial charge in [0.05, 0.1) is 5.69 Å². The smallest absolute Gasteiger partial charge is 0.283 e. The molecule has 3 N–H and O–H groups in total. The fourth-order valence-electron chi connectivity index (χ4n) is 2.12. The maximum atomic E-state index is 11.5. The van der Waals surface area contributed by atoms with E-state index in [-0.39, 0.29) is 5.91 Å². The van der Waals surface area contributed by atoms with Crippen LogP contribution in [0, 0.1) is 0 Å². The monoisotopic (exact) mass is 284 g/mol. The molecule has 0 radical (unpaired) electrons. The molecule has 1 heterocycles. The average molecular weight is 284 g/mol. The summed E-state index contributed by atoms with van der Waals surface area (Å²) in [6.07, 6.45) is 0. The fourth-order valence-corrected chi connectivity index (χ4v) is 2.12. The van der Waals surface area contributed by atoms with Gasteiger partial charge in [-0.15, -0.1) is 0 Å². The van der Waals surface area contributed by atoms with E-state index < -0.39 is 0 Å². The van der Waals surface area contributed by atoms with Crippen molar-refractivity contribution in [3.8, 4) is 0 Å². The van der Waals surface area contributed by atoms with Gasteiger partial charge in [-0.25, -0.2) is 10.8 Å². The lowest BCUT2D eigenvalue weighted by molar-refractivity contribution is 0.0948. The molecule has 5 nitrogen and oxygen atoms in total. The number of rotatable bonds is 6. The highest BCUT2D eigenvalue weighted by Crippen LogP contribution is 2.09. The molecule has 2 aromatic rings. The van der Waals surface area contributed by atoms with E-state index >= 15 is 0 Å². The predicted octanol–water partition coefficient (Wildman–Crippen LogP) is 1.71. The summed E-state index contributed by atoms with van der Waals surface area (Å²) in [5.74, 6) is 4.76. The van der Waals surface area contributed by atoms with E-state index in [1.165, 1.54) is 5.56 Å². The minimum atomic E-state index is -0.372. The van der Waals surface area contributed by atoms with Gasteiger partial charge < -0.3 is 0 Å². The molecular formula is C16H20N4O. The molecule has 0 fully saturated rings. The largest absolute Gasteiger partial charge is 0.294 e. The first-order valence-corrected chi connectivity index (χ1v) is 6.96. The Hall–Kier alpha value is -2.24. The Labute approximate surface area is 124 Å². The number of pyridine rings is 1. The normalized spacial score (nSPS) is 10.6. The molecule has 1 aromatic heterocycles. The quantitative estimate of drug-likeness (QED) is 0.481. The maximum Gasteiger partial charge on any atom is 0.283 e. The summed E-state index contributed by atoms with van der Waals surface area (Å²) < 4.78 is 0. The van der Waals surface area contributed by atoms with Crippen LogP contribution in [-0.4, -0.2) is 22.3 Å². The van der Waals surface area contributed by atoms with Gasteiger partial charge in [0.15, 0.2) is 0 Å². The van der Waals surface area contributed by atoms with E-state index in [0.717, 1.165) is 18.8 Å². The number of nitrogen functional groups attached to an aromatic ring is 1. The van der Waals surface area contributed by atoms with Crippen molar-refractivity contribution in [2.75, 3.05) is 6.54 Å². The number of hydrogen-bond donors (Lipinski definition) is 2. The van der Waals surface area contributed by atoms with Gasteiger partial charge in [-0.1, -0.05) is 43.3 Å². The van der Waals surface area contributed by atoms with Crippen molar-refractivity contribution in [2.45, 2.75) is 20.0 Å². The first-order valence-electron chi connectivity index (χ1n) is 6.96. The standard InChI is InChI=1S/C16H20N4O/c1-2-20(11-13-7-4-3-5-8-13)12-14-9-6-10-15(18-14)16(21)19-17/h3-10H,2,11-12,17H2,1H3,(H,19,21). The molecular weight excluding hydrogens is 264 g/mol. The van der Waals surface area contributed by atoms with Crippen molar-refractivity contribution in [3.63, 3.8) is 0 Å². The number of nitrogens with two attached hydrogens (primary N) is 1. The zero-order chi connectivity index (χ0) is 15.1. The summed E-state index contributed by atoms with van der Waals surface area (Å²) in [7, 11) is 0. The molecule has 0 saturated heterocycles. The van der Waals surface area contributed by atoms with E-state index in [4.69, 9.17) is 5.84 Å². The van der Waals surface area contributed by atoms with Crippen LogP contribution in [0.25, 0.3) is 0 Å². The Balaban J connectivity index is 2.06. The molecule has 0 aliphatic rings. The van der Waals surface area contributed by atoms with Gasteiger partial charge in [0.2, 0.25) is 0 Å². The average Bonchev–Trinajstić information content (AvgIpc) is 2.54. The number of hydrazine groups is 1. The van der Waals surface area contributed by atoms with Crippen LogP contribution in [0.5, 0.6) is 0 Å². The van der Waals surface area contributed by atoms with E-state index in [1.54, 1.807) is 6.07 Å². The van der Waals surface area contributed by atoms with Gasteiger partial charge in [-0.05, 0) is 24.2 Å². The van der Waals surface area contributed by atoms with E-state index in [1.807, 2.05) is 30.3 Å². The van der Waals surface area contributed by atoms with Gasteiger partial charge in [0, 0.05) is 13.1 Å². The third-order valence-electron chi connectivity index (χ3n) is 3.25. The number of carbonyl (C=O) groups is 1. The van der Waals surface area contributed by atoms with Crippen LogP contribution in [-0.2, 0) is 13.1 Å². The Morgan fingerprint density at radius 1 is 1.14 bits per heavy atom. The first kappa shape index (κ1) is 15.2. The number of hydrogen-bond acceptors (Lipinski definition) is 4. The van der Waals surface area contributed by atoms with Crippen molar-refractivity contribution in [1.29, 1.82) is 0 Å². The maximum absolute atomic E-state index is 11.5. The number of nitrogens with one attached hydrogen (secondary N) is 1. The molecule has 2 rings (SSSR count). The fraction of sp³-hybridized carbons (Fsp3) is 0.250. The van der Waals surface area contributed by atoms with Gasteiger partial charge >= 0.3 is 0 Å². The first-order chi connectivity index (χ1) is 10.2. The third kappa shape index (κ3) is 4.37. The minimum Gasteiger partial charge on any atom is -0.294 e. The van der Waals surface area contributed by atoms with Crippen LogP contribution in [0.1, 0.15) is 28.7 Å². The second-order valence-electron chi connectivity index (χ2n) is 4.78. The van der Waals surface area contributed by atoms with Crippen LogP contribution >= 0.6 is 0 Å². The summed E-state index contributed by atoms with van der Waals surface area (Å²) in [4.78, 5) is 18.1. The van der Waals surface area contributed by atoms with Crippen molar-refractivity contribution < 1.29 is 4.79 Å². The third-order valence-corrected chi connectivity index (χ3v) is 3.25. The molecule has 5 heteroatoms. The molecule has 110 valence electrons. The molecule has 0 atom stereocenters. The molecule has 0 bridgehead atoms. The van der Waals surface area contributed by atoms with E-state index in [9.17, 15) is 4.79 Å². The van der Waals surface area contributed by atoms with Crippen LogP contribution in [0.3, 0.4) is 0 Å². The molecule has 1 aromatic carbocycles. The second-order valence-corrected chi connectivity index (χ2v) is 4.78. The summed E-state index contributed by atoms with van der Waals surface area (Å²) in [6.45, 7) is 4.56. The van der Waals surface area contributed by atoms with Gasteiger partial charge in [-0.2, -0.15) is 0 Å². The summed E-state index contributed by atoms with van der Waals surface area (Å²) in [5.41, 5.74) is 4.55. The van der Waals surface area contributed by atoms with E-state index in [0.29, 0.717) is 12.2 Å². The molecule has 0 saturated carbocycles. The van der Waals surface area contributed by atoms with Crippen molar-refractivity contribution in [2.24, 2.45) is 5.84 Å². The second kappa shape index (κ2) is 7.52. The van der Waals surface area contributed by atoms with Crippen LogP contribution in [0.4, 0.5) is 0 Å². The van der Waals surface area contributed by atoms with Crippen molar-refractivity contribution >= 4 is 5.91 Å². The predicted molar refractivity (Wildman–Crippen MR) is 82.1 cm³/mol. The highest BCUT2D eigenvalue weighted by atomic mass is 16.2. The highest BCUT2D eigenvalue weighted by Gasteiger charge is 2.09. The van der Waals surface area contributed by atoms with Crippen LogP contribution < -0.4 is 11.3 Å². The zero-order valence-corrected chi connectivity index (χ0v) is 12.1. The van der Waals surface area contributed by atoms with Crippen LogP contribution in [0.2, 0.25) is 0 Å². The number of amides is 1. The van der Waals surface area contributed by atoms with Crippen molar-refractivity contribution in [3.05, 3.63) is 65.5 Å². The summed E-state index contributed by atoms with van der Waals surface area (Å²) in [5, 5.41) is 0. The van der Waals surface area contributed by atoms with Gasteiger partial charge in [0.1, 0.15) is 5.69 Å². The van der Waals surface area contributed by atoms with Gasteiger partial charge in [-0.3, -0.25) is 15.1 Å². The molecule has 1 amide bonds. The molecule has 0 aliphatic carbocycles. The lowest BCUT2D eigenvalue weighted by atomic mass is 10.2. The minimum absolute atomic E-state index is 0.339. The SMILES string of the molecule is CCN(Cc1ccccc1)Cc1cccc(C(=O)NN)n1. The Morgan fingerprint density at radius 3 is 2.57 bits per heavy atom. The Morgan fingerprint density at radius 2 is 1.90 bits per heavy atom. The zero-order valence-electron chi connectivity index (χ0n) is 12.1. The summed E-state index contributed by atoms with van der Waals surface area (Å²) >= 11 is 0. The number of aromatic nitrogens is 1. The lowest BCUT2D eigenvalue weighted by Crippen LogP contribution is -2.31. The summed E-state index contributed by atoms with van der Waals surface area (Å²) in [6, 6.07) is 15.7. The van der Waals surface area contributed by atoms with Crippen molar-refractivity contribution in [1.82, 2.24) is 15.3 Å². The molecule has 0 aliphatic heterocycles. The van der Waals surface area contributed by atoms with Gasteiger partial charge in [0.25, 0.3) is 5.91 Å². The Bertz CT molecular complexity index is 586. The van der Waals surface area contributed by atoms with Crippen LogP contribution in [0.15, 0.2) is 48.5 Å². The number of nitrogens with zero attached hydrogens (tertiary/aromatic N) is 2. The molecule has 21 heavy (non-hydrogen) atoms. The number of carbonyl (C=O) groups excluding carboxylic acids is 1. The molecule has 0 unspecified atom stereocenters. The topological polar surface area (TPSA) is 71.2 Å².